The normalized spacial score (nSPS) is 10.1. The first-order chi connectivity index (χ1) is 20.1. The van der Waals surface area contributed by atoms with Crippen LogP contribution in [0.25, 0.3) is 45.1 Å². The Morgan fingerprint density at radius 1 is 0.738 bits per heavy atom. The number of oxazole rings is 2. The lowest BCUT2D eigenvalue weighted by molar-refractivity contribution is 0.414. The van der Waals surface area contributed by atoms with Crippen molar-refractivity contribution in [3.63, 3.8) is 0 Å². The number of phenolic OH excluding ortho intramolecular Hbond substituents is 1. The van der Waals surface area contributed by atoms with Gasteiger partial charge in [-0.3, -0.25) is 0 Å². The quantitative estimate of drug-likeness (QED) is 0.108. The van der Waals surface area contributed by atoms with Gasteiger partial charge in [0.15, 0.2) is 11.2 Å². The fraction of sp³-hybridized carbons (Fsp3) is 0.0714. The van der Waals surface area contributed by atoms with Crippen molar-refractivity contribution in [2.45, 2.75) is 0 Å². The van der Waals surface area contributed by atoms with Gasteiger partial charge in [0.2, 0.25) is 11.8 Å². The van der Waals surface area contributed by atoms with Crippen LogP contribution in [0.3, 0.4) is 0 Å². The molecule has 2 aromatic heterocycles. The summed E-state index contributed by atoms with van der Waals surface area (Å²) in [6.07, 6.45) is 0. The van der Waals surface area contributed by atoms with Crippen molar-refractivity contribution in [1.82, 2.24) is 9.97 Å². The van der Waals surface area contributed by atoms with E-state index in [9.17, 15) is 5.11 Å². The van der Waals surface area contributed by atoms with Crippen molar-refractivity contribution in [2.75, 3.05) is 12.4 Å². The molecule has 0 atom stereocenters. The van der Waals surface area contributed by atoms with Gasteiger partial charge in [0, 0.05) is 30.4 Å². The molecule has 42 heavy (non-hydrogen) atoms. The Kier molecular flexibility index (Phi) is 15.2. The van der Waals surface area contributed by atoms with E-state index in [4.69, 9.17) is 36.8 Å². The molecule has 0 radical (unpaired) electrons. The molecule has 0 saturated heterocycles. The molecule has 0 fully saturated rings. The molecular weight excluding hydrogens is 1000 g/mol. The molecule has 0 aliphatic rings. The number of alkyl halides is 2. The second kappa shape index (κ2) is 18.1. The second-order valence-corrected chi connectivity index (χ2v) is 17.6. The Bertz CT molecular complexity index is 1700. The SMILES string of the molecule is BrB(Br)Br.COc1ccc2nc(-c3ccc(I)cc3)oc2c1.ClCCl.Oc1ccc2nc(-c3ccc(I)cc3)oc2c1. The average molecular weight is 1020 g/mol. The van der Waals surface area contributed by atoms with Gasteiger partial charge in [0.25, 0.3) is 0 Å². The molecule has 6 rings (SSSR count). The number of ether oxygens (including phenoxy) is 1. The molecular formula is C28H20BBr3Cl2I2N2O4. The summed E-state index contributed by atoms with van der Waals surface area (Å²) in [7, 11) is 1.64. The number of aromatic hydroxyl groups is 1. The molecule has 14 heteroatoms. The Morgan fingerprint density at radius 2 is 1.14 bits per heavy atom. The van der Waals surface area contributed by atoms with Gasteiger partial charge in [-0.2, -0.15) is 0 Å². The van der Waals surface area contributed by atoms with Crippen molar-refractivity contribution >= 4 is 141 Å². The summed E-state index contributed by atoms with van der Waals surface area (Å²) in [6, 6.07) is 26.5. The fourth-order valence-corrected chi connectivity index (χ4v) is 4.10. The number of hydrogen-bond donors (Lipinski definition) is 1. The van der Waals surface area contributed by atoms with Gasteiger partial charge in [-0.25, -0.2) is 9.97 Å². The number of halogens is 7. The standard InChI is InChI=1S/C14H10INO2.C13H8INO2.CH2Cl2.BBr3/c1-17-11-6-7-12-13(8-11)18-14(16-12)9-2-4-10(15)5-3-9;14-9-3-1-8(2-4-9)13-15-11-6-5-10(16)7-12(11)17-13;2-1-3;2-1(3)4/h2-8H,1H3;1-7,16H;1H2;. The average Bonchev–Trinajstić information content (AvgIpc) is 3.58. The smallest absolute Gasteiger partial charge is 0.369 e. The molecule has 0 saturated carbocycles. The summed E-state index contributed by atoms with van der Waals surface area (Å²) < 4.78 is 19.1. The Labute approximate surface area is 305 Å². The Balaban J connectivity index is 0.000000190. The van der Waals surface area contributed by atoms with Gasteiger partial charge < -0.3 is 18.7 Å². The third-order valence-electron chi connectivity index (χ3n) is 5.15. The van der Waals surface area contributed by atoms with E-state index in [1.807, 2.05) is 66.7 Å². The number of rotatable bonds is 3. The van der Waals surface area contributed by atoms with Crippen LogP contribution in [0.1, 0.15) is 0 Å². The summed E-state index contributed by atoms with van der Waals surface area (Å²) in [4.78, 5) is 8.84. The van der Waals surface area contributed by atoms with Gasteiger partial charge in [0.1, 0.15) is 22.5 Å². The summed E-state index contributed by atoms with van der Waals surface area (Å²) in [5.74, 6) is 2.16. The number of phenols is 1. The maximum Gasteiger partial charge on any atom is 0.369 e. The van der Waals surface area contributed by atoms with Crippen LogP contribution in [-0.2, 0) is 0 Å². The van der Waals surface area contributed by atoms with Crippen molar-refractivity contribution in [3.05, 3.63) is 92.1 Å². The van der Waals surface area contributed by atoms with Crippen molar-refractivity contribution in [2.24, 2.45) is 0 Å². The number of fused-ring (bicyclic) bond motifs is 2. The minimum atomic E-state index is 0.183. The van der Waals surface area contributed by atoms with Crippen LogP contribution >= 0.6 is 116 Å². The molecule has 2 heterocycles. The third-order valence-corrected chi connectivity index (χ3v) is 6.59. The van der Waals surface area contributed by atoms with E-state index in [0.29, 0.717) is 17.4 Å². The van der Waals surface area contributed by atoms with Crippen LogP contribution in [0.2, 0.25) is 0 Å². The van der Waals surface area contributed by atoms with Crippen LogP contribution in [0, 0.1) is 7.14 Å². The van der Waals surface area contributed by atoms with Gasteiger partial charge >= 0.3 is 3.18 Å². The highest BCUT2D eigenvalue weighted by Crippen LogP contribution is 2.28. The molecule has 4 aromatic carbocycles. The number of aromatic nitrogens is 2. The minimum absolute atomic E-state index is 0.183. The zero-order valence-electron chi connectivity index (χ0n) is 21.6. The van der Waals surface area contributed by atoms with Crippen LogP contribution in [0.5, 0.6) is 11.5 Å². The molecule has 0 spiro atoms. The van der Waals surface area contributed by atoms with E-state index >= 15 is 0 Å². The number of benzene rings is 4. The summed E-state index contributed by atoms with van der Waals surface area (Å²) in [6.45, 7) is 0. The third kappa shape index (κ3) is 11.2. The van der Waals surface area contributed by atoms with Gasteiger partial charge in [-0.1, -0.05) is 0 Å². The number of hydrogen-bond acceptors (Lipinski definition) is 6. The minimum Gasteiger partial charge on any atom is -0.508 e. The first-order valence-corrected chi connectivity index (χ1v) is 17.7. The van der Waals surface area contributed by atoms with Crippen LogP contribution in [-0.4, -0.2) is 30.7 Å². The maximum absolute atomic E-state index is 9.36. The molecule has 218 valence electrons. The molecule has 0 bridgehead atoms. The van der Waals surface area contributed by atoms with E-state index in [2.05, 4.69) is 102 Å². The first kappa shape index (κ1) is 35.4. The first-order valence-electron chi connectivity index (χ1n) is 11.7. The fourth-order valence-electron chi connectivity index (χ4n) is 3.38. The second-order valence-electron chi connectivity index (χ2n) is 7.89. The predicted molar refractivity (Wildman–Crippen MR) is 202 cm³/mol. The van der Waals surface area contributed by atoms with Crippen LogP contribution in [0.4, 0.5) is 0 Å². The zero-order chi connectivity index (χ0) is 30.6. The van der Waals surface area contributed by atoms with Gasteiger partial charge in [-0.15, -0.1) is 70.5 Å². The van der Waals surface area contributed by atoms with Crippen LogP contribution in [0.15, 0.2) is 93.8 Å². The highest BCUT2D eigenvalue weighted by molar-refractivity contribution is 14.1. The molecule has 1 N–H and O–H groups in total. The number of nitrogens with zero attached hydrogens (tertiary/aromatic N) is 2. The molecule has 0 amide bonds. The number of methoxy groups -OCH3 is 1. The lowest BCUT2D eigenvalue weighted by atomic mass is 10.2. The molecule has 6 aromatic rings. The van der Waals surface area contributed by atoms with E-state index in [1.54, 1.807) is 25.3 Å². The monoisotopic (exact) mass is 1020 g/mol. The lowest BCUT2D eigenvalue weighted by Gasteiger charge is -1.96. The van der Waals surface area contributed by atoms with E-state index < -0.39 is 0 Å². The van der Waals surface area contributed by atoms with Gasteiger partial charge in [-0.05, 0) is 118 Å². The Hall–Kier alpha value is -1.04. The van der Waals surface area contributed by atoms with Crippen molar-refractivity contribution < 1.29 is 18.7 Å². The maximum atomic E-state index is 9.36. The summed E-state index contributed by atoms with van der Waals surface area (Å²) in [5, 5.41) is 9.55. The lowest BCUT2D eigenvalue weighted by Crippen LogP contribution is -1.80. The van der Waals surface area contributed by atoms with Crippen LogP contribution < -0.4 is 4.74 Å². The summed E-state index contributed by atoms with van der Waals surface area (Å²) >= 11 is 23.4. The Morgan fingerprint density at radius 3 is 1.57 bits per heavy atom. The predicted octanol–water partition coefficient (Wildman–Crippen LogP) is 11.5. The molecule has 0 unspecified atom stereocenters. The van der Waals surface area contributed by atoms with E-state index in [1.165, 1.54) is 7.14 Å². The highest BCUT2D eigenvalue weighted by atomic mass is 127. The molecule has 0 aliphatic heterocycles. The van der Waals surface area contributed by atoms with E-state index in [-0.39, 0.29) is 14.3 Å². The van der Waals surface area contributed by atoms with Gasteiger partial charge in [0.05, 0.1) is 12.4 Å². The molecule has 0 aliphatic carbocycles. The zero-order valence-corrected chi connectivity index (χ0v) is 32.2. The van der Waals surface area contributed by atoms with E-state index in [0.717, 1.165) is 33.5 Å². The topological polar surface area (TPSA) is 81.5 Å². The van der Waals surface area contributed by atoms with Crippen molar-refractivity contribution in [3.8, 4) is 34.4 Å². The summed E-state index contributed by atoms with van der Waals surface area (Å²) in [5.41, 5.74) is 4.83. The highest BCUT2D eigenvalue weighted by Gasteiger charge is 2.09. The molecule has 6 nitrogen and oxygen atoms in total. The van der Waals surface area contributed by atoms with Crippen molar-refractivity contribution in [1.29, 1.82) is 0 Å². The largest absolute Gasteiger partial charge is 0.508 e.